The number of imidazole rings is 2. The number of esters is 6. The molecule has 2 aromatic heterocycles. The van der Waals surface area contributed by atoms with Gasteiger partial charge in [-0.1, -0.05) is 47.5 Å². The quantitative estimate of drug-likeness (QED) is 0.0170. The first-order valence-corrected chi connectivity index (χ1v) is 39.1. The van der Waals surface area contributed by atoms with Gasteiger partial charge in [0.2, 0.25) is 29.5 Å². The second-order valence-corrected chi connectivity index (χ2v) is 35.3. The first kappa shape index (κ1) is 94.8. The minimum absolute atomic E-state index is 0.0736. The molecule has 34 nitrogen and oxygen atoms in total. The van der Waals surface area contributed by atoms with E-state index in [1.54, 1.807) is 80.4 Å². The molecule has 0 radical (unpaired) electrons. The number of carboxylic acid groups (broad SMARTS) is 1. The van der Waals surface area contributed by atoms with Gasteiger partial charge < -0.3 is 79.9 Å². The second-order valence-electron chi connectivity index (χ2n) is 34.5. The summed E-state index contributed by atoms with van der Waals surface area (Å²) in [5.41, 5.74) is -1.75. The van der Waals surface area contributed by atoms with Crippen LogP contribution in [0.1, 0.15) is 226 Å². The topological polar surface area (TPSA) is 441 Å². The smallest absolute Gasteiger partial charge is 0.326 e. The lowest BCUT2D eigenvalue weighted by molar-refractivity contribution is -0.160. The van der Waals surface area contributed by atoms with Gasteiger partial charge in [-0.2, -0.15) is 0 Å². The summed E-state index contributed by atoms with van der Waals surface area (Å²) in [5.74, 6) is -14.0. The van der Waals surface area contributed by atoms with Crippen LogP contribution in [-0.4, -0.2) is 207 Å². The van der Waals surface area contributed by atoms with Crippen LogP contribution in [0.3, 0.4) is 0 Å². The van der Waals surface area contributed by atoms with Gasteiger partial charge in [-0.25, -0.2) is 14.8 Å². The lowest BCUT2D eigenvalue weighted by Crippen LogP contribution is -2.60. The summed E-state index contributed by atoms with van der Waals surface area (Å²) in [6, 6.07) is 0.188. The number of ether oxygens (including phenoxy) is 6. The predicted molar refractivity (Wildman–Crippen MR) is 426 cm³/mol. The van der Waals surface area contributed by atoms with Crippen molar-refractivity contribution in [3.63, 3.8) is 0 Å². The maximum atomic E-state index is 14.7. The van der Waals surface area contributed by atoms with Gasteiger partial charge in [-0.05, 0) is 163 Å². The van der Waals surface area contributed by atoms with Gasteiger partial charge in [0.25, 0.3) is 11.8 Å². The maximum absolute atomic E-state index is 14.7. The molecule has 0 saturated heterocycles. The van der Waals surface area contributed by atoms with Gasteiger partial charge in [0.1, 0.15) is 63.8 Å². The van der Waals surface area contributed by atoms with Gasteiger partial charge in [-0.15, -0.1) is 0 Å². The van der Waals surface area contributed by atoms with E-state index in [4.69, 9.17) is 61.6 Å². The highest BCUT2D eigenvalue weighted by molar-refractivity contribution is 6.40. The van der Waals surface area contributed by atoms with Crippen molar-refractivity contribution in [3.05, 3.63) is 80.9 Å². The predicted octanol–water partition coefficient (Wildman–Crippen LogP) is 7.42. The molecule has 638 valence electrons. The molecule has 0 bridgehead atoms. The van der Waals surface area contributed by atoms with Gasteiger partial charge >= 0.3 is 41.8 Å². The van der Waals surface area contributed by atoms with Crippen molar-refractivity contribution in [3.8, 4) is 11.1 Å². The number of hydrogen-bond acceptors (Lipinski definition) is 24. The van der Waals surface area contributed by atoms with E-state index in [-0.39, 0.29) is 64.8 Å². The molecular formula is C80H113Cl2N13O21. The Bertz CT molecular complexity index is 4340. The molecule has 2 aliphatic rings. The number of hydrogen-bond donors (Lipinski definition) is 8. The van der Waals surface area contributed by atoms with Gasteiger partial charge in [0.05, 0.1) is 64.9 Å². The minimum atomic E-state index is -2.08. The zero-order chi connectivity index (χ0) is 87.1. The summed E-state index contributed by atoms with van der Waals surface area (Å²) >= 11 is 14.1. The summed E-state index contributed by atoms with van der Waals surface area (Å²) in [7, 11) is 3.50. The summed E-state index contributed by atoms with van der Waals surface area (Å²) in [6.07, 6.45) is -2.73. The van der Waals surface area contributed by atoms with Crippen molar-refractivity contribution < 1.29 is 101 Å². The van der Waals surface area contributed by atoms with E-state index in [0.29, 0.717) is 62.3 Å². The van der Waals surface area contributed by atoms with Crippen LogP contribution in [0.5, 0.6) is 0 Å². The summed E-state index contributed by atoms with van der Waals surface area (Å²) in [6.45, 7) is 31.2. The fourth-order valence-corrected chi connectivity index (χ4v) is 13.0. The van der Waals surface area contributed by atoms with Crippen LogP contribution in [-0.2, 0) is 126 Å². The third-order valence-electron chi connectivity index (χ3n) is 17.1. The van der Waals surface area contributed by atoms with Crippen LogP contribution >= 0.6 is 23.2 Å². The van der Waals surface area contributed by atoms with Crippen LogP contribution < -0.4 is 37.2 Å². The number of rotatable bonds is 33. The average molecular weight is 1660 g/mol. The van der Waals surface area contributed by atoms with Crippen LogP contribution in [0.2, 0.25) is 10.0 Å². The van der Waals surface area contributed by atoms with E-state index in [1.807, 2.05) is 25.7 Å². The SMILES string of the molecule is Cn1c(C(=O)Nc2cccc(-c3cccc(NC(=O)c4nc5c(n4C)CCN(CCCC(=O)OC(C)(C)C)C5)c3Cl)c2Cl)nc2c1CCN(CCCC(=O)N[C@@H](CC(=O)OC(C)(C)C)C(=O)N[C@@H](CC(=O)OC(C)(C)C)C(=O)N[C@@H](CC(=O)OC(C)(C)C)C(=O)N[C@@H](CC(=O)OC(C)(C)C)C(=O)N[C@@H](CC(=O)OC(C)(C)C)C(=O)O)C2. The van der Waals surface area contributed by atoms with Gasteiger partial charge in [0, 0.05) is 88.5 Å². The van der Waals surface area contributed by atoms with Crippen LogP contribution in [0, 0.1) is 0 Å². The minimum Gasteiger partial charge on any atom is -0.480 e. The summed E-state index contributed by atoms with van der Waals surface area (Å²) in [4.78, 5) is 205. The van der Waals surface area contributed by atoms with E-state index >= 15 is 0 Å². The number of carbonyl (C=O) groups excluding carboxylic acids is 13. The molecule has 0 aliphatic carbocycles. The molecule has 8 N–H and O–H groups in total. The number of halogens is 2. The standard InChI is InChI=1S/C80H113Cl2N13O21/c1-75(2,3)111-58(97)30-24-34-95-36-32-56-54(43-95)85-67(93(56)20)73(108)87-47-28-22-26-45(65(47)82)44-25-21-27-46(64(44)81)86-72(107)66-84-53-42-94(35-31-55(53)92(66)19)33-23-29-57(96)83-48(37-59(98)112-76(4,5)6)68(103)88-49(38-60(99)113-77(7,8)9)69(104)89-50(39-61(100)114-78(10,11)12)70(105)90-51(40-62(101)115-79(13,14)15)71(106)91-52(74(109)110)41-63(102)116-80(16,17)18/h21-22,25-28,48-52H,23-24,29-43H2,1-20H3,(H,83,96)(H,86,107)(H,87,108)(H,88,103)(H,89,104)(H,90,105)(H,91,106)(H,109,110)/t48-,49-,50-,51-,52-/m0/s1. The van der Waals surface area contributed by atoms with Crippen LogP contribution in [0.15, 0.2) is 36.4 Å². The number of carbonyl (C=O) groups is 14. The van der Waals surface area contributed by atoms with Crippen molar-refractivity contribution >= 4 is 118 Å². The second kappa shape index (κ2) is 39.7. The number of aliphatic carboxylic acids is 1. The molecule has 0 unspecified atom stereocenters. The number of nitrogens with one attached hydrogen (secondary N) is 7. The first-order chi connectivity index (χ1) is 53.5. The molecular weight excluding hydrogens is 1550 g/mol. The Labute approximate surface area is 685 Å². The molecule has 6 rings (SSSR count). The monoisotopic (exact) mass is 1660 g/mol. The van der Waals surface area contributed by atoms with Crippen molar-refractivity contribution in [1.29, 1.82) is 0 Å². The van der Waals surface area contributed by atoms with Crippen LogP contribution in [0.4, 0.5) is 11.4 Å². The first-order valence-electron chi connectivity index (χ1n) is 38.3. The van der Waals surface area contributed by atoms with Crippen molar-refractivity contribution in [1.82, 2.24) is 55.5 Å². The molecule has 36 heteroatoms. The third kappa shape index (κ3) is 30.5. The molecule has 2 aromatic carbocycles. The molecule has 4 heterocycles. The number of anilines is 2. The molecule has 2 aliphatic heterocycles. The number of fused-ring (bicyclic) bond motifs is 2. The van der Waals surface area contributed by atoms with Crippen molar-refractivity contribution in [2.24, 2.45) is 14.1 Å². The Balaban J connectivity index is 1.14. The molecule has 0 spiro atoms. The number of nitrogens with zero attached hydrogens (tertiary/aromatic N) is 6. The lowest BCUT2D eigenvalue weighted by atomic mass is 10.0. The molecule has 5 atom stereocenters. The molecule has 4 aromatic rings. The van der Waals surface area contributed by atoms with Crippen molar-refractivity contribution in [2.45, 2.75) is 272 Å². The summed E-state index contributed by atoms with van der Waals surface area (Å²) in [5, 5.41) is 27.8. The summed E-state index contributed by atoms with van der Waals surface area (Å²) < 4.78 is 36.0. The van der Waals surface area contributed by atoms with Crippen LogP contribution in [0.25, 0.3) is 11.1 Å². The molecule has 7 amide bonds. The zero-order valence-electron chi connectivity index (χ0n) is 69.9. The zero-order valence-corrected chi connectivity index (χ0v) is 71.4. The Morgan fingerprint density at radius 3 is 1.01 bits per heavy atom. The Morgan fingerprint density at radius 1 is 0.414 bits per heavy atom. The fourth-order valence-electron chi connectivity index (χ4n) is 12.4. The normalized spacial score (nSPS) is 14.7. The highest BCUT2D eigenvalue weighted by Gasteiger charge is 2.40. The maximum Gasteiger partial charge on any atom is 0.326 e. The lowest BCUT2D eigenvalue weighted by Gasteiger charge is -2.28. The highest BCUT2D eigenvalue weighted by atomic mass is 35.5. The van der Waals surface area contributed by atoms with E-state index in [0.717, 1.165) is 23.6 Å². The fraction of sp³-hybridized carbons (Fsp3) is 0.600. The Morgan fingerprint density at radius 2 is 0.698 bits per heavy atom. The molecule has 0 fully saturated rings. The largest absolute Gasteiger partial charge is 0.480 e. The van der Waals surface area contributed by atoms with E-state index in [1.165, 1.54) is 83.1 Å². The van der Waals surface area contributed by atoms with E-state index in [2.05, 4.69) is 42.1 Å². The van der Waals surface area contributed by atoms with Gasteiger partial charge in [0.15, 0.2) is 11.6 Å². The third-order valence-corrected chi connectivity index (χ3v) is 17.9. The van der Waals surface area contributed by atoms with E-state index < -0.39 is 173 Å². The average Bonchev–Trinajstić information content (AvgIpc) is 1.60. The number of amides is 7. The Kier molecular flexibility index (Phi) is 32.5. The van der Waals surface area contributed by atoms with Gasteiger partial charge in [-0.3, -0.25) is 72.1 Å². The van der Waals surface area contributed by atoms with E-state index in [9.17, 15) is 72.2 Å². The van der Waals surface area contributed by atoms with Crippen molar-refractivity contribution in [2.75, 3.05) is 36.8 Å². The number of carboxylic acids is 1. The molecule has 0 saturated carbocycles. The number of benzene rings is 2. The Hall–Kier alpha value is -10.1. The highest BCUT2D eigenvalue weighted by Crippen LogP contribution is 2.41. The number of aromatic nitrogens is 4. The molecule has 116 heavy (non-hydrogen) atoms.